The first-order valence-corrected chi connectivity index (χ1v) is 9.82. The molecule has 152 valence electrons. The first-order chi connectivity index (χ1) is 13.9. The van der Waals surface area contributed by atoms with Gasteiger partial charge in [0.05, 0.1) is 12.8 Å². The minimum Gasteiger partial charge on any atom is -0.497 e. The summed E-state index contributed by atoms with van der Waals surface area (Å²) in [5, 5.41) is 4.46. The highest BCUT2D eigenvalue weighted by molar-refractivity contribution is 5.77. The number of aromatic nitrogens is 2. The molecule has 1 aromatic heterocycles. The fraction of sp³-hybridized carbons (Fsp3) is 0.333. The molecule has 0 saturated carbocycles. The van der Waals surface area contributed by atoms with Crippen molar-refractivity contribution in [1.29, 1.82) is 0 Å². The number of hydrogen-bond donors (Lipinski definition) is 0. The Bertz CT molecular complexity index is 962. The van der Waals surface area contributed by atoms with Crippen LogP contribution in [-0.2, 0) is 18.4 Å². The second-order valence-corrected chi connectivity index (χ2v) is 7.46. The third kappa shape index (κ3) is 4.67. The van der Waals surface area contributed by atoms with Crippen molar-refractivity contribution < 1.29 is 9.53 Å². The highest BCUT2D eigenvalue weighted by atomic mass is 16.5. The Morgan fingerprint density at radius 3 is 2.24 bits per heavy atom. The summed E-state index contributed by atoms with van der Waals surface area (Å²) in [6, 6.07) is 18.2. The molecule has 0 saturated heterocycles. The number of methoxy groups -OCH3 is 1. The molecule has 1 atom stereocenters. The van der Waals surface area contributed by atoms with Crippen molar-refractivity contribution in [1.82, 2.24) is 14.7 Å². The first-order valence-electron chi connectivity index (χ1n) is 9.82. The monoisotopic (exact) mass is 391 g/mol. The highest BCUT2D eigenvalue weighted by Gasteiger charge is 2.22. The van der Waals surface area contributed by atoms with E-state index in [0.717, 1.165) is 33.8 Å². The van der Waals surface area contributed by atoms with Crippen LogP contribution in [-0.4, -0.2) is 34.7 Å². The molecule has 0 spiro atoms. The number of nitrogens with zero attached hydrogens (tertiary/aromatic N) is 3. The van der Waals surface area contributed by atoms with Crippen molar-refractivity contribution in [2.75, 3.05) is 14.2 Å². The van der Waals surface area contributed by atoms with Gasteiger partial charge in [-0.25, -0.2) is 0 Å². The normalized spacial score (nSPS) is 11.9. The fourth-order valence-corrected chi connectivity index (χ4v) is 3.65. The first kappa shape index (κ1) is 20.6. The van der Waals surface area contributed by atoms with Crippen molar-refractivity contribution >= 4 is 5.91 Å². The van der Waals surface area contributed by atoms with E-state index in [1.807, 2.05) is 75.1 Å². The lowest BCUT2D eigenvalue weighted by molar-refractivity contribution is -0.130. The Morgan fingerprint density at radius 1 is 1.07 bits per heavy atom. The lowest BCUT2D eigenvalue weighted by Gasteiger charge is -2.23. The van der Waals surface area contributed by atoms with E-state index in [1.165, 1.54) is 0 Å². The fourth-order valence-electron chi connectivity index (χ4n) is 3.65. The van der Waals surface area contributed by atoms with Crippen LogP contribution in [0.1, 0.15) is 40.4 Å². The van der Waals surface area contributed by atoms with E-state index >= 15 is 0 Å². The van der Waals surface area contributed by atoms with Crippen molar-refractivity contribution in [3.63, 3.8) is 0 Å². The van der Waals surface area contributed by atoms with Crippen molar-refractivity contribution in [3.8, 4) is 5.75 Å². The number of carbonyl (C=O) groups is 1. The number of benzene rings is 2. The number of aryl methyl sites for hydroxylation is 2. The summed E-state index contributed by atoms with van der Waals surface area (Å²) < 4.78 is 7.15. The Hall–Kier alpha value is -3.08. The Kier molecular flexibility index (Phi) is 6.37. The lowest BCUT2D eigenvalue weighted by atomic mass is 9.88. The van der Waals surface area contributed by atoms with Crippen molar-refractivity contribution in [2.24, 2.45) is 7.05 Å². The maximum absolute atomic E-state index is 13.1. The summed E-state index contributed by atoms with van der Waals surface area (Å²) in [4.78, 5) is 14.9. The minimum atomic E-state index is -0.00634. The van der Waals surface area contributed by atoms with Crippen LogP contribution in [0.25, 0.3) is 0 Å². The summed E-state index contributed by atoms with van der Waals surface area (Å²) in [6.45, 7) is 4.59. The van der Waals surface area contributed by atoms with Gasteiger partial charge in [0, 0.05) is 44.2 Å². The summed E-state index contributed by atoms with van der Waals surface area (Å²) in [6.07, 6.45) is 0.408. The van der Waals surface area contributed by atoms with Crippen LogP contribution in [0, 0.1) is 13.8 Å². The van der Waals surface area contributed by atoms with Gasteiger partial charge in [-0.15, -0.1) is 0 Å². The summed E-state index contributed by atoms with van der Waals surface area (Å²) in [5.41, 5.74) is 5.42. The summed E-state index contributed by atoms with van der Waals surface area (Å²) in [5.74, 6) is 0.914. The standard InChI is InChI=1S/C24H29N3O2/c1-17-23(18(2)27(4)25-17)16-26(3)24(28)15-22(19-9-7-6-8-10-19)20-11-13-21(29-5)14-12-20/h6-14,22H,15-16H2,1-5H3/t22-/m0/s1. The third-order valence-corrected chi connectivity index (χ3v) is 5.58. The van der Waals surface area contributed by atoms with E-state index in [2.05, 4.69) is 17.2 Å². The predicted octanol–water partition coefficient (Wildman–Crippen LogP) is 4.23. The van der Waals surface area contributed by atoms with Crippen LogP contribution in [0.5, 0.6) is 5.75 Å². The molecule has 5 nitrogen and oxygen atoms in total. The average Bonchev–Trinajstić information content (AvgIpc) is 2.98. The van der Waals surface area contributed by atoms with Gasteiger partial charge in [-0.1, -0.05) is 42.5 Å². The van der Waals surface area contributed by atoms with Crippen LogP contribution in [0.15, 0.2) is 54.6 Å². The molecular weight excluding hydrogens is 362 g/mol. The Morgan fingerprint density at radius 2 is 1.69 bits per heavy atom. The van der Waals surface area contributed by atoms with Gasteiger partial charge in [0.15, 0.2) is 0 Å². The largest absolute Gasteiger partial charge is 0.497 e. The maximum atomic E-state index is 13.1. The molecular formula is C24H29N3O2. The second kappa shape index (κ2) is 8.95. The van der Waals surface area contributed by atoms with E-state index in [-0.39, 0.29) is 11.8 Å². The van der Waals surface area contributed by atoms with E-state index in [9.17, 15) is 4.79 Å². The molecule has 0 aliphatic heterocycles. The molecule has 1 heterocycles. The molecule has 0 unspecified atom stereocenters. The second-order valence-electron chi connectivity index (χ2n) is 7.46. The quantitative estimate of drug-likeness (QED) is 0.606. The van der Waals surface area contributed by atoms with E-state index in [1.54, 1.807) is 12.0 Å². The number of carbonyl (C=O) groups excluding carboxylic acids is 1. The van der Waals surface area contributed by atoms with Gasteiger partial charge in [-0.2, -0.15) is 5.10 Å². The molecule has 0 fully saturated rings. The van der Waals surface area contributed by atoms with Crippen molar-refractivity contribution in [3.05, 3.63) is 82.7 Å². The molecule has 0 radical (unpaired) electrons. The van der Waals surface area contributed by atoms with Gasteiger partial charge in [0.25, 0.3) is 0 Å². The zero-order chi connectivity index (χ0) is 21.0. The predicted molar refractivity (Wildman–Crippen MR) is 115 cm³/mol. The van der Waals surface area contributed by atoms with Crippen LogP contribution < -0.4 is 4.74 Å². The molecule has 5 heteroatoms. The molecule has 0 bridgehead atoms. The zero-order valence-electron chi connectivity index (χ0n) is 17.8. The van der Waals surface area contributed by atoms with Gasteiger partial charge < -0.3 is 9.64 Å². The van der Waals surface area contributed by atoms with E-state index in [0.29, 0.717) is 13.0 Å². The molecule has 0 N–H and O–H groups in total. The maximum Gasteiger partial charge on any atom is 0.223 e. The summed E-state index contributed by atoms with van der Waals surface area (Å²) in [7, 11) is 5.46. The van der Waals surface area contributed by atoms with E-state index in [4.69, 9.17) is 4.74 Å². The molecule has 29 heavy (non-hydrogen) atoms. The smallest absolute Gasteiger partial charge is 0.223 e. The molecule has 2 aromatic carbocycles. The van der Waals surface area contributed by atoms with Crippen molar-refractivity contribution in [2.45, 2.75) is 32.7 Å². The highest BCUT2D eigenvalue weighted by Crippen LogP contribution is 2.30. The van der Waals surface area contributed by atoms with Crippen LogP contribution in [0.2, 0.25) is 0 Å². The lowest BCUT2D eigenvalue weighted by Crippen LogP contribution is -2.28. The average molecular weight is 392 g/mol. The molecule has 3 rings (SSSR count). The topological polar surface area (TPSA) is 47.4 Å². The summed E-state index contributed by atoms with van der Waals surface area (Å²) >= 11 is 0. The van der Waals surface area contributed by atoms with Crippen LogP contribution in [0.3, 0.4) is 0 Å². The number of hydrogen-bond acceptors (Lipinski definition) is 3. The minimum absolute atomic E-state index is 0.00634. The number of rotatable bonds is 7. The van der Waals surface area contributed by atoms with Gasteiger partial charge in [0.2, 0.25) is 5.91 Å². The molecule has 0 aliphatic carbocycles. The van der Waals surface area contributed by atoms with E-state index < -0.39 is 0 Å². The van der Waals surface area contributed by atoms with Crippen LogP contribution >= 0.6 is 0 Å². The van der Waals surface area contributed by atoms with Crippen LogP contribution in [0.4, 0.5) is 0 Å². The Balaban J connectivity index is 1.82. The van der Waals surface area contributed by atoms with Gasteiger partial charge in [-0.05, 0) is 37.1 Å². The zero-order valence-corrected chi connectivity index (χ0v) is 17.8. The molecule has 0 aliphatic rings. The van der Waals surface area contributed by atoms with Gasteiger partial charge >= 0.3 is 0 Å². The van der Waals surface area contributed by atoms with Gasteiger partial charge in [0.1, 0.15) is 5.75 Å². The number of amides is 1. The van der Waals surface area contributed by atoms with Gasteiger partial charge in [-0.3, -0.25) is 9.48 Å². The number of ether oxygens (including phenoxy) is 1. The molecule has 3 aromatic rings. The third-order valence-electron chi connectivity index (χ3n) is 5.58. The molecule has 1 amide bonds. The SMILES string of the molecule is COc1ccc([C@@H](CC(=O)N(C)Cc2c(C)nn(C)c2C)c2ccccc2)cc1. The Labute approximate surface area is 172 Å².